The monoisotopic (exact) mass is 401 g/mol. The number of urea groups is 1. The number of benzene rings is 3. The van der Waals surface area contributed by atoms with Gasteiger partial charge >= 0.3 is 6.03 Å². The van der Waals surface area contributed by atoms with Crippen LogP contribution in [-0.2, 0) is 12.1 Å². The molecule has 4 rings (SSSR count). The molecule has 30 heavy (non-hydrogen) atoms. The third-order valence-corrected chi connectivity index (χ3v) is 5.10. The zero-order chi connectivity index (χ0) is 21.1. The number of aromatic nitrogens is 1. The Morgan fingerprint density at radius 1 is 0.967 bits per heavy atom. The first-order chi connectivity index (χ1) is 14.4. The summed E-state index contributed by atoms with van der Waals surface area (Å²) in [4.78, 5) is 16.1. The van der Waals surface area contributed by atoms with Crippen molar-refractivity contribution in [3.63, 3.8) is 0 Å². The number of nitrogens with zero attached hydrogens (tertiary/aromatic N) is 1. The zero-order valence-electron chi connectivity index (χ0n) is 16.8. The first-order valence-electron chi connectivity index (χ1n) is 9.69. The van der Waals surface area contributed by atoms with Crippen molar-refractivity contribution in [2.45, 2.75) is 26.0 Å². The summed E-state index contributed by atoms with van der Waals surface area (Å²) in [5.74, 6) is 0.766. The molecule has 0 fully saturated rings. The highest BCUT2D eigenvalue weighted by molar-refractivity contribution is 5.85. The Morgan fingerprint density at radius 2 is 1.70 bits per heavy atom. The second-order valence-corrected chi connectivity index (χ2v) is 7.70. The molecule has 0 unspecified atom stereocenters. The fourth-order valence-electron chi connectivity index (χ4n) is 3.43. The van der Waals surface area contributed by atoms with Crippen molar-refractivity contribution in [3.8, 4) is 5.75 Å². The molecular formula is C24H23N3O3. The van der Waals surface area contributed by atoms with Gasteiger partial charge in [0.15, 0.2) is 0 Å². The number of pyridine rings is 1. The van der Waals surface area contributed by atoms with Crippen LogP contribution in [0.25, 0.3) is 21.7 Å². The summed E-state index contributed by atoms with van der Waals surface area (Å²) in [5.41, 5.74) is 3.71. The van der Waals surface area contributed by atoms with E-state index in [9.17, 15) is 4.79 Å². The SMILES string of the molecule is CC(C)(NC(=O)NO)c1ccc2cc(OCc3ccc4ccccc4n3)ccc2c1. The van der Waals surface area contributed by atoms with Crippen LogP contribution in [0, 0.1) is 0 Å². The lowest BCUT2D eigenvalue weighted by molar-refractivity contribution is 0.154. The topological polar surface area (TPSA) is 83.5 Å². The lowest BCUT2D eigenvalue weighted by atomic mass is 9.92. The Balaban J connectivity index is 1.51. The number of nitrogens with one attached hydrogen (secondary N) is 2. The van der Waals surface area contributed by atoms with Gasteiger partial charge in [0.05, 0.1) is 16.7 Å². The predicted octanol–water partition coefficient (Wildman–Crippen LogP) is 4.89. The second kappa shape index (κ2) is 8.00. The third-order valence-electron chi connectivity index (χ3n) is 5.10. The number of fused-ring (bicyclic) bond motifs is 2. The number of hydrogen-bond acceptors (Lipinski definition) is 4. The van der Waals surface area contributed by atoms with Gasteiger partial charge in [0.2, 0.25) is 0 Å². The molecule has 1 heterocycles. The first-order valence-corrected chi connectivity index (χ1v) is 9.69. The van der Waals surface area contributed by atoms with Crippen LogP contribution >= 0.6 is 0 Å². The molecule has 0 radical (unpaired) electrons. The predicted molar refractivity (Wildman–Crippen MR) is 117 cm³/mol. The van der Waals surface area contributed by atoms with Gasteiger partial charge in [-0.25, -0.2) is 15.3 Å². The molecule has 1 aromatic heterocycles. The van der Waals surface area contributed by atoms with Crippen LogP contribution in [0.15, 0.2) is 72.8 Å². The van der Waals surface area contributed by atoms with Crippen LogP contribution in [0.1, 0.15) is 25.1 Å². The lowest BCUT2D eigenvalue weighted by Crippen LogP contribution is -2.45. The van der Waals surface area contributed by atoms with Crippen LogP contribution in [0.3, 0.4) is 0 Å². The highest BCUT2D eigenvalue weighted by Crippen LogP contribution is 2.27. The number of hydroxylamine groups is 1. The van der Waals surface area contributed by atoms with Gasteiger partial charge in [-0.3, -0.25) is 5.21 Å². The molecule has 0 atom stereocenters. The summed E-state index contributed by atoms with van der Waals surface area (Å²) in [6.07, 6.45) is 0. The minimum Gasteiger partial charge on any atom is -0.487 e. The normalized spacial score (nSPS) is 11.4. The van der Waals surface area contributed by atoms with Crippen LogP contribution in [-0.4, -0.2) is 16.2 Å². The number of amides is 2. The largest absolute Gasteiger partial charge is 0.487 e. The molecule has 3 aromatic carbocycles. The number of carbonyl (C=O) groups excluding carboxylic acids is 1. The zero-order valence-corrected chi connectivity index (χ0v) is 16.8. The van der Waals surface area contributed by atoms with Crippen molar-refractivity contribution in [1.29, 1.82) is 0 Å². The summed E-state index contributed by atoms with van der Waals surface area (Å²) < 4.78 is 5.96. The second-order valence-electron chi connectivity index (χ2n) is 7.70. The molecule has 0 saturated carbocycles. The molecular weight excluding hydrogens is 378 g/mol. The molecule has 0 aliphatic carbocycles. The van der Waals surface area contributed by atoms with E-state index in [1.54, 1.807) is 5.48 Å². The van der Waals surface area contributed by atoms with Crippen molar-refractivity contribution < 1.29 is 14.7 Å². The van der Waals surface area contributed by atoms with Gasteiger partial charge < -0.3 is 10.1 Å². The number of carbonyl (C=O) groups is 1. The van der Waals surface area contributed by atoms with E-state index in [0.29, 0.717) is 6.61 Å². The van der Waals surface area contributed by atoms with Gasteiger partial charge in [0.25, 0.3) is 0 Å². The smallest absolute Gasteiger partial charge is 0.339 e. The van der Waals surface area contributed by atoms with Gasteiger partial charge in [0.1, 0.15) is 12.4 Å². The van der Waals surface area contributed by atoms with Gasteiger partial charge in [0, 0.05) is 5.39 Å². The number of rotatable bonds is 5. The molecule has 6 heteroatoms. The fourth-order valence-corrected chi connectivity index (χ4v) is 3.43. The van der Waals surface area contributed by atoms with Crippen molar-refractivity contribution in [3.05, 3.63) is 84.1 Å². The Labute approximate surface area is 174 Å². The van der Waals surface area contributed by atoms with Crippen LogP contribution in [0.5, 0.6) is 5.75 Å². The standard InChI is InChI=1S/C24H23N3O3/c1-24(2,26-23(28)27-29)19-10-7-18-14-21(12-9-17(18)13-19)30-15-20-11-8-16-5-3-4-6-22(16)25-20/h3-14,29H,15H2,1-2H3,(H2,26,27,28). The Kier molecular flexibility index (Phi) is 5.25. The molecule has 152 valence electrons. The average molecular weight is 401 g/mol. The van der Waals surface area contributed by atoms with E-state index in [1.807, 2.05) is 80.6 Å². The highest BCUT2D eigenvalue weighted by Gasteiger charge is 2.22. The fraction of sp³-hybridized carbons (Fsp3) is 0.167. The molecule has 0 aliphatic heterocycles. The number of hydrogen-bond donors (Lipinski definition) is 3. The van der Waals surface area contributed by atoms with E-state index in [0.717, 1.165) is 38.7 Å². The summed E-state index contributed by atoms with van der Waals surface area (Å²) in [6.45, 7) is 4.14. The molecule has 2 amide bonds. The molecule has 0 saturated heterocycles. The van der Waals surface area contributed by atoms with Crippen molar-refractivity contribution in [2.75, 3.05) is 0 Å². The van der Waals surface area contributed by atoms with E-state index >= 15 is 0 Å². The maximum absolute atomic E-state index is 11.5. The van der Waals surface area contributed by atoms with E-state index in [2.05, 4.69) is 16.4 Å². The molecule has 3 N–H and O–H groups in total. The summed E-state index contributed by atoms with van der Waals surface area (Å²) in [6, 6.07) is 23.3. The maximum Gasteiger partial charge on any atom is 0.339 e. The van der Waals surface area contributed by atoms with Crippen molar-refractivity contribution in [1.82, 2.24) is 15.8 Å². The Morgan fingerprint density at radius 3 is 2.53 bits per heavy atom. The van der Waals surface area contributed by atoms with Crippen LogP contribution in [0.4, 0.5) is 4.79 Å². The van der Waals surface area contributed by atoms with Gasteiger partial charge in [-0.05, 0) is 60.5 Å². The third kappa shape index (κ3) is 4.18. The molecule has 0 bridgehead atoms. The van der Waals surface area contributed by atoms with Gasteiger partial charge in [-0.2, -0.15) is 0 Å². The Bertz CT molecular complexity index is 1220. The summed E-state index contributed by atoms with van der Waals surface area (Å²) in [5, 5.41) is 14.6. The summed E-state index contributed by atoms with van der Waals surface area (Å²) in [7, 11) is 0. The van der Waals surface area contributed by atoms with E-state index in [1.165, 1.54) is 0 Å². The average Bonchev–Trinajstić information content (AvgIpc) is 2.76. The first kappa shape index (κ1) is 19.7. The van der Waals surface area contributed by atoms with Gasteiger partial charge in [-0.15, -0.1) is 0 Å². The van der Waals surface area contributed by atoms with Crippen LogP contribution < -0.4 is 15.5 Å². The van der Waals surface area contributed by atoms with Gasteiger partial charge in [-0.1, -0.05) is 42.5 Å². The maximum atomic E-state index is 11.5. The van der Waals surface area contributed by atoms with E-state index in [-0.39, 0.29) is 0 Å². The quantitative estimate of drug-likeness (QED) is 0.328. The molecule has 4 aromatic rings. The van der Waals surface area contributed by atoms with E-state index in [4.69, 9.17) is 9.94 Å². The minimum atomic E-state index is -0.647. The van der Waals surface area contributed by atoms with E-state index < -0.39 is 11.6 Å². The Hall–Kier alpha value is -3.64. The lowest BCUT2D eigenvalue weighted by Gasteiger charge is -2.26. The minimum absolute atomic E-state index is 0.391. The molecule has 6 nitrogen and oxygen atoms in total. The number of ether oxygens (including phenoxy) is 1. The van der Waals surface area contributed by atoms with Crippen LogP contribution in [0.2, 0.25) is 0 Å². The molecule has 0 aliphatic rings. The number of para-hydroxylation sites is 1. The molecule has 0 spiro atoms. The van der Waals surface area contributed by atoms with Crippen molar-refractivity contribution in [2.24, 2.45) is 0 Å². The highest BCUT2D eigenvalue weighted by atomic mass is 16.5. The van der Waals surface area contributed by atoms with Crippen molar-refractivity contribution >= 4 is 27.7 Å². The summed E-state index contributed by atoms with van der Waals surface area (Å²) >= 11 is 0.